The molecule has 0 saturated heterocycles. The third-order valence-electron chi connectivity index (χ3n) is 8.44. The molecule has 2 aromatic heterocycles. The van der Waals surface area contributed by atoms with Crippen LogP contribution < -0.4 is 10.4 Å². The highest BCUT2D eigenvalue weighted by Gasteiger charge is 2.53. The summed E-state index contributed by atoms with van der Waals surface area (Å²) >= 11 is 0. The minimum atomic E-state index is -2.97. The minimum absolute atomic E-state index is 1.01. The fourth-order valence-corrected chi connectivity index (χ4v) is 12.2. The molecule has 0 radical (unpaired) electrons. The van der Waals surface area contributed by atoms with E-state index in [0.717, 1.165) is 22.5 Å². The van der Waals surface area contributed by atoms with Crippen LogP contribution in [0.5, 0.6) is 0 Å². The van der Waals surface area contributed by atoms with Crippen molar-refractivity contribution in [2.45, 2.75) is 13.8 Å². The van der Waals surface area contributed by atoms with E-state index in [1.807, 2.05) is 0 Å². The number of nitrogens with zero attached hydrogens (tertiary/aromatic N) is 2. The van der Waals surface area contributed by atoms with E-state index in [4.69, 9.17) is 9.97 Å². The molecular formula is C40H32N2Si. The number of hydrogen-bond acceptors (Lipinski definition) is 2. The van der Waals surface area contributed by atoms with Crippen molar-refractivity contribution in [1.82, 2.24) is 9.97 Å². The Kier molecular flexibility index (Phi) is 7.02. The monoisotopic (exact) mass is 568 g/mol. The zero-order chi connectivity index (χ0) is 29.2. The van der Waals surface area contributed by atoms with Crippen LogP contribution in [-0.2, 0) is 0 Å². The molecule has 2 nitrogen and oxygen atoms in total. The van der Waals surface area contributed by atoms with Crippen LogP contribution in [0.15, 0.2) is 158 Å². The summed E-state index contributed by atoms with van der Waals surface area (Å²) in [6.07, 6.45) is 4.17. The third kappa shape index (κ3) is 4.59. The van der Waals surface area contributed by atoms with Gasteiger partial charge in [-0.2, -0.15) is 0 Å². The molecule has 0 fully saturated rings. The predicted octanol–water partition coefficient (Wildman–Crippen LogP) is 7.97. The van der Waals surface area contributed by atoms with Gasteiger partial charge in [-0.1, -0.05) is 133 Å². The number of pyridine rings is 2. The lowest BCUT2D eigenvalue weighted by Gasteiger charge is -2.36. The summed E-state index contributed by atoms with van der Waals surface area (Å²) in [6.45, 7) is 4.11. The van der Waals surface area contributed by atoms with Crippen LogP contribution in [0.2, 0.25) is 0 Å². The second-order valence-corrected chi connectivity index (χ2v) is 14.7. The van der Waals surface area contributed by atoms with Crippen molar-refractivity contribution in [3.63, 3.8) is 0 Å². The van der Waals surface area contributed by atoms with Crippen LogP contribution in [-0.4, -0.2) is 18.0 Å². The first-order valence-electron chi connectivity index (χ1n) is 14.8. The molecule has 0 amide bonds. The Morgan fingerprint density at radius 2 is 0.721 bits per heavy atom. The number of allylic oxidation sites excluding steroid dienone is 2. The molecule has 0 N–H and O–H groups in total. The Morgan fingerprint density at radius 1 is 0.372 bits per heavy atom. The fraction of sp³-hybridized carbons (Fsp3) is 0.0500. The second-order valence-electron chi connectivity index (χ2n) is 11.1. The van der Waals surface area contributed by atoms with Gasteiger partial charge < -0.3 is 0 Å². The van der Waals surface area contributed by atoms with Gasteiger partial charge in [0.05, 0.1) is 0 Å². The van der Waals surface area contributed by atoms with Gasteiger partial charge in [0.1, 0.15) is 0 Å². The molecule has 206 valence electrons. The Hall–Kier alpha value is -5.12. The predicted molar refractivity (Wildman–Crippen MR) is 182 cm³/mol. The Labute approximate surface area is 254 Å². The van der Waals surface area contributed by atoms with Crippen molar-refractivity contribution < 1.29 is 0 Å². The molecule has 4 aromatic carbocycles. The fourth-order valence-electron chi connectivity index (χ4n) is 6.61. The highest BCUT2D eigenvalue weighted by Crippen LogP contribution is 2.55. The van der Waals surface area contributed by atoms with Crippen molar-refractivity contribution >= 4 is 40.0 Å². The molecule has 6 aromatic rings. The highest BCUT2D eigenvalue weighted by molar-refractivity contribution is 7.29. The summed E-state index contributed by atoms with van der Waals surface area (Å²) in [5, 5.41) is 5.40. The average molecular weight is 569 g/mol. The van der Waals surface area contributed by atoms with E-state index >= 15 is 0 Å². The summed E-state index contributed by atoms with van der Waals surface area (Å²) < 4.78 is 0. The van der Waals surface area contributed by atoms with Crippen molar-refractivity contribution in [3.8, 4) is 0 Å². The molecule has 1 aliphatic heterocycles. The standard InChI is InChI=1S/C40H32N2Si/c1-29-23-25-33(27-41-29)39-37(31-15-7-3-8-16-31)38(32-17-9-4-10-18-32)40(34-26-24-30(2)42-28-34)43(39,35-19-11-5-12-20-35)36-21-13-6-14-22-36/h3-28H,1-2H3. The van der Waals surface area contributed by atoms with Crippen molar-refractivity contribution in [1.29, 1.82) is 0 Å². The lowest BCUT2D eigenvalue weighted by Crippen LogP contribution is -2.59. The summed E-state index contributed by atoms with van der Waals surface area (Å²) in [7, 11) is -2.97. The smallest absolute Gasteiger partial charge is 0.182 e. The van der Waals surface area contributed by atoms with Gasteiger partial charge in [0.25, 0.3) is 0 Å². The summed E-state index contributed by atoms with van der Waals surface area (Å²) in [5.74, 6) is 0. The van der Waals surface area contributed by atoms with Crippen molar-refractivity contribution in [2.24, 2.45) is 0 Å². The molecule has 0 aliphatic carbocycles. The van der Waals surface area contributed by atoms with Gasteiger partial charge in [0.2, 0.25) is 0 Å². The van der Waals surface area contributed by atoms with Crippen LogP contribution in [0.3, 0.4) is 0 Å². The van der Waals surface area contributed by atoms with Crippen LogP contribution in [0, 0.1) is 13.8 Å². The SMILES string of the molecule is Cc1ccc(C2=C(c3ccccc3)C(c3ccccc3)=C(c3ccc(C)nc3)[Si]2(c2ccccc2)c2ccccc2)cn1. The maximum atomic E-state index is 4.87. The quantitative estimate of drug-likeness (QED) is 0.191. The first-order valence-corrected chi connectivity index (χ1v) is 16.8. The van der Waals surface area contributed by atoms with Crippen LogP contribution in [0.1, 0.15) is 33.6 Å². The minimum Gasteiger partial charge on any atom is -0.261 e. The molecule has 0 unspecified atom stereocenters. The molecule has 3 heteroatoms. The number of aromatic nitrogens is 2. The van der Waals surface area contributed by atoms with Gasteiger partial charge in [-0.25, -0.2) is 0 Å². The Morgan fingerprint density at radius 3 is 1.05 bits per heavy atom. The number of benzene rings is 4. The summed E-state index contributed by atoms with van der Waals surface area (Å²) in [5.41, 5.74) is 9.29. The largest absolute Gasteiger partial charge is 0.261 e. The Bertz CT molecular complexity index is 1780. The van der Waals surface area contributed by atoms with E-state index in [9.17, 15) is 0 Å². The first kappa shape index (κ1) is 26.8. The van der Waals surface area contributed by atoms with Crippen LogP contribution in [0.4, 0.5) is 0 Å². The topological polar surface area (TPSA) is 25.8 Å². The zero-order valence-electron chi connectivity index (χ0n) is 24.4. The average Bonchev–Trinajstić information content (AvgIpc) is 3.40. The van der Waals surface area contributed by atoms with E-state index in [-0.39, 0.29) is 0 Å². The van der Waals surface area contributed by atoms with Gasteiger partial charge in [-0.05, 0) is 80.1 Å². The second kappa shape index (κ2) is 11.3. The normalized spacial score (nSPS) is 14.3. The lowest BCUT2D eigenvalue weighted by atomic mass is 9.89. The van der Waals surface area contributed by atoms with E-state index in [0.29, 0.717) is 0 Å². The van der Waals surface area contributed by atoms with E-state index in [1.165, 1.54) is 43.0 Å². The van der Waals surface area contributed by atoms with Crippen molar-refractivity contribution in [2.75, 3.05) is 0 Å². The molecule has 0 bridgehead atoms. The van der Waals surface area contributed by atoms with Crippen LogP contribution >= 0.6 is 0 Å². The maximum Gasteiger partial charge on any atom is 0.182 e. The van der Waals surface area contributed by atoms with Gasteiger partial charge in [0, 0.05) is 23.8 Å². The van der Waals surface area contributed by atoms with Gasteiger partial charge in [-0.3, -0.25) is 9.97 Å². The molecule has 43 heavy (non-hydrogen) atoms. The first-order chi connectivity index (χ1) is 21.2. The number of aryl methyl sites for hydroxylation is 2. The third-order valence-corrected chi connectivity index (χ3v) is 13.4. The van der Waals surface area contributed by atoms with Crippen LogP contribution in [0.25, 0.3) is 21.5 Å². The molecular weight excluding hydrogens is 537 g/mol. The highest BCUT2D eigenvalue weighted by atomic mass is 28.3. The van der Waals surface area contributed by atoms with Gasteiger partial charge >= 0.3 is 0 Å². The van der Waals surface area contributed by atoms with E-state index in [1.54, 1.807) is 0 Å². The summed E-state index contributed by atoms with van der Waals surface area (Å²) in [6, 6.07) is 53.0. The zero-order valence-corrected chi connectivity index (χ0v) is 25.4. The maximum absolute atomic E-state index is 4.87. The molecule has 0 spiro atoms. The van der Waals surface area contributed by atoms with Gasteiger partial charge in [-0.15, -0.1) is 0 Å². The Balaban J connectivity index is 1.77. The number of rotatable bonds is 6. The summed E-state index contributed by atoms with van der Waals surface area (Å²) in [4.78, 5) is 9.74. The number of hydrogen-bond donors (Lipinski definition) is 0. The van der Waals surface area contributed by atoms with Gasteiger partial charge in [0.15, 0.2) is 8.07 Å². The molecule has 7 rings (SSSR count). The van der Waals surface area contributed by atoms with E-state index < -0.39 is 8.07 Å². The molecule has 1 aliphatic rings. The molecule has 0 saturated carbocycles. The van der Waals surface area contributed by atoms with Crippen molar-refractivity contribution in [3.05, 3.63) is 192 Å². The lowest BCUT2D eigenvalue weighted by molar-refractivity contribution is 1.19. The van der Waals surface area contributed by atoms with E-state index in [2.05, 4.69) is 172 Å². The molecule has 0 atom stereocenters. The molecule has 3 heterocycles.